The van der Waals surface area contributed by atoms with E-state index in [4.69, 9.17) is 0 Å². The SMILES string of the molecule is CC1=NN(c2ccc(C)c(C)c2)C(=O)C1=NNc1cccc(-c2ccc(C(C)(C)C(=O)O)cc2)c1O. The molecule has 4 rings (SSSR count). The smallest absolute Gasteiger partial charge is 0.313 e. The average molecular weight is 485 g/mol. The first-order valence-electron chi connectivity index (χ1n) is 11.5. The minimum Gasteiger partial charge on any atom is -0.505 e. The first-order chi connectivity index (χ1) is 17.0. The van der Waals surface area contributed by atoms with Gasteiger partial charge in [-0.2, -0.15) is 15.2 Å². The Morgan fingerprint density at radius 1 is 1.00 bits per heavy atom. The Bertz CT molecular complexity index is 1420. The molecule has 8 heteroatoms. The number of hydrazone groups is 2. The maximum absolute atomic E-state index is 13.0. The van der Waals surface area contributed by atoms with E-state index < -0.39 is 11.4 Å². The van der Waals surface area contributed by atoms with Gasteiger partial charge in [-0.05, 0) is 75.1 Å². The van der Waals surface area contributed by atoms with E-state index in [0.717, 1.165) is 11.1 Å². The maximum atomic E-state index is 13.0. The number of nitrogens with one attached hydrogen (secondary N) is 1. The van der Waals surface area contributed by atoms with E-state index in [-0.39, 0.29) is 17.4 Å². The molecule has 1 amide bonds. The van der Waals surface area contributed by atoms with Gasteiger partial charge >= 0.3 is 11.9 Å². The van der Waals surface area contributed by atoms with Crippen molar-refractivity contribution in [1.82, 2.24) is 0 Å². The van der Waals surface area contributed by atoms with Crippen LogP contribution in [0.1, 0.15) is 37.5 Å². The molecule has 0 aliphatic carbocycles. The minimum atomic E-state index is -1.03. The molecule has 1 heterocycles. The Balaban J connectivity index is 1.57. The van der Waals surface area contributed by atoms with Gasteiger partial charge in [0.2, 0.25) is 0 Å². The molecule has 3 aromatic rings. The number of aliphatic carboxylic acids is 1. The third kappa shape index (κ3) is 4.45. The van der Waals surface area contributed by atoms with Gasteiger partial charge in [0.1, 0.15) is 5.75 Å². The van der Waals surface area contributed by atoms with E-state index >= 15 is 0 Å². The Morgan fingerprint density at radius 2 is 1.69 bits per heavy atom. The minimum absolute atomic E-state index is 0.0434. The number of anilines is 2. The van der Waals surface area contributed by atoms with Gasteiger partial charge < -0.3 is 10.2 Å². The Hall–Kier alpha value is -4.46. The number of carbonyl (C=O) groups excluding carboxylic acids is 1. The van der Waals surface area contributed by atoms with E-state index in [0.29, 0.717) is 33.8 Å². The molecule has 1 aliphatic heterocycles. The number of benzene rings is 3. The number of para-hydroxylation sites is 1. The number of nitrogens with zero attached hydrogens (tertiary/aromatic N) is 3. The topological polar surface area (TPSA) is 115 Å². The highest BCUT2D eigenvalue weighted by Gasteiger charge is 2.31. The second kappa shape index (κ2) is 9.30. The molecular formula is C28H28N4O4. The summed E-state index contributed by atoms with van der Waals surface area (Å²) in [5.74, 6) is -1.33. The van der Waals surface area contributed by atoms with Crippen LogP contribution in [0.3, 0.4) is 0 Å². The van der Waals surface area contributed by atoms with Crippen molar-refractivity contribution in [2.45, 2.75) is 40.0 Å². The number of carboxylic acids is 1. The molecule has 36 heavy (non-hydrogen) atoms. The van der Waals surface area contributed by atoms with Gasteiger partial charge in [-0.3, -0.25) is 15.0 Å². The highest BCUT2D eigenvalue weighted by Crippen LogP contribution is 2.36. The average Bonchev–Trinajstić information content (AvgIpc) is 3.13. The molecule has 0 saturated carbocycles. The zero-order valence-electron chi connectivity index (χ0n) is 20.8. The number of phenols is 1. The number of hydrogen-bond donors (Lipinski definition) is 3. The largest absolute Gasteiger partial charge is 0.505 e. The summed E-state index contributed by atoms with van der Waals surface area (Å²) in [6, 6.07) is 17.8. The molecule has 0 bridgehead atoms. The van der Waals surface area contributed by atoms with Gasteiger partial charge in [-0.25, -0.2) is 0 Å². The second-order valence-corrected chi connectivity index (χ2v) is 9.35. The van der Waals surface area contributed by atoms with Crippen molar-refractivity contribution < 1.29 is 19.8 Å². The van der Waals surface area contributed by atoms with Gasteiger partial charge in [0.05, 0.1) is 22.5 Å². The summed E-state index contributed by atoms with van der Waals surface area (Å²) >= 11 is 0. The molecule has 3 N–H and O–H groups in total. The third-order valence-electron chi connectivity index (χ3n) is 6.50. The number of aryl methyl sites for hydroxylation is 2. The summed E-state index contributed by atoms with van der Waals surface area (Å²) in [5, 5.41) is 30.3. The number of phenolic OH excluding ortho intramolecular Hbond substituents is 1. The lowest BCUT2D eigenvalue weighted by molar-refractivity contribution is -0.142. The summed E-state index contributed by atoms with van der Waals surface area (Å²) < 4.78 is 0. The van der Waals surface area contributed by atoms with Crippen LogP contribution in [0, 0.1) is 13.8 Å². The summed E-state index contributed by atoms with van der Waals surface area (Å²) in [6.07, 6.45) is 0. The lowest BCUT2D eigenvalue weighted by atomic mass is 9.84. The van der Waals surface area contributed by atoms with Crippen LogP contribution in [0.2, 0.25) is 0 Å². The van der Waals surface area contributed by atoms with Crippen molar-refractivity contribution in [3.05, 3.63) is 77.4 Å². The summed E-state index contributed by atoms with van der Waals surface area (Å²) in [4.78, 5) is 24.5. The zero-order chi connectivity index (χ0) is 26.2. The van der Waals surface area contributed by atoms with Crippen LogP contribution >= 0.6 is 0 Å². The fourth-order valence-corrected chi connectivity index (χ4v) is 3.83. The van der Waals surface area contributed by atoms with Crippen LogP contribution in [-0.4, -0.2) is 33.5 Å². The molecular weight excluding hydrogens is 456 g/mol. The van der Waals surface area contributed by atoms with Crippen LogP contribution in [-0.2, 0) is 15.0 Å². The molecule has 0 saturated heterocycles. The first kappa shape index (κ1) is 24.7. The number of amides is 1. The number of aromatic hydroxyl groups is 1. The Morgan fingerprint density at radius 3 is 2.33 bits per heavy atom. The van der Waals surface area contributed by atoms with Crippen LogP contribution < -0.4 is 10.4 Å². The monoisotopic (exact) mass is 484 g/mol. The summed E-state index contributed by atoms with van der Waals surface area (Å²) in [6.45, 7) is 8.96. The van der Waals surface area contributed by atoms with Gasteiger partial charge in [-0.1, -0.05) is 42.5 Å². The lowest BCUT2D eigenvalue weighted by Gasteiger charge is -2.20. The van der Waals surface area contributed by atoms with Gasteiger partial charge in [-0.15, -0.1) is 0 Å². The van der Waals surface area contributed by atoms with Crippen molar-refractivity contribution in [1.29, 1.82) is 0 Å². The van der Waals surface area contributed by atoms with Crippen LogP contribution in [0.25, 0.3) is 11.1 Å². The lowest BCUT2D eigenvalue weighted by Crippen LogP contribution is -2.28. The molecule has 184 valence electrons. The van der Waals surface area contributed by atoms with Crippen molar-refractivity contribution in [2.75, 3.05) is 10.4 Å². The molecule has 1 aliphatic rings. The molecule has 0 radical (unpaired) electrons. The molecule has 3 aromatic carbocycles. The molecule has 0 atom stereocenters. The van der Waals surface area contributed by atoms with Crippen molar-refractivity contribution in [2.24, 2.45) is 10.2 Å². The van der Waals surface area contributed by atoms with Crippen molar-refractivity contribution >= 4 is 34.7 Å². The van der Waals surface area contributed by atoms with E-state index in [1.807, 2.05) is 32.0 Å². The van der Waals surface area contributed by atoms with E-state index in [9.17, 15) is 19.8 Å². The number of carbonyl (C=O) groups is 2. The number of carboxylic acid groups (broad SMARTS) is 1. The summed E-state index contributed by atoms with van der Waals surface area (Å²) in [7, 11) is 0. The van der Waals surface area contributed by atoms with Crippen LogP contribution in [0.4, 0.5) is 11.4 Å². The molecule has 0 fully saturated rings. The van der Waals surface area contributed by atoms with Gasteiger partial charge in [0, 0.05) is 5.56 Å². The predicted octanol–water partition coefficient (Wildman–Crippen LogP) is 5.23. The fraction of sp³-hybridized carbons (Fsp3) is 0.214. The van der Waals surface area contributed by atoms with E-state index in [2.05, 4.69) is 15.6 Å². The molecule has 0 unspecified atom stereocenters. The van der Waals surface area contributed by atoms with E-state index in [1.165, 1.54) is 5.01 Å². The zero-order valence-corrected chi connectivity index (χ0v) is 20.8. The predicted molar refractivity (Wildman–Crippen MR) is 142 cm³/mol. The number of hydrogen-bond acceptors (Lipinski definition) is 6. The number of rotatable bonds is 6. The Kier molecular flexibility index (Phi) is 6.37. The molecule has 0 spiro atoms. The summed E-state index contributed by atoms with van der Waals surface area (Å²) in [5.41, 5.74) is 7.44. The highest BCUT2D eigenvalue weighted by molar-refractivity contribution is 6.71. The third-order valence-corrected chi connectivity index (χ3v) is 6.50. The van der Waals surface area contributed by atoms with Crippen LogP contribution in [0.15, 0.2) is 70.9 Å². The first-order valence-corrected chi connectivity index (χ1v) is 11.5. The molecule has 8 nitrogen and oxygen atoms in total. The standard InChI is InChI=1S/C28H28N4O4/c1-16-9-14-21(15-17(16)2)32-26(34)24(18(3)31-32)30-29-23-8-6-7-22(25(23)33)19-10-12-20(13-11-19)28(4,5)27(35)36/h6-15,29,33H,1-5H3,(H,35,36). The molecule has 0 aromatic heterocycles. The van der Waals surface area contributed by atoms with Gasteiger partial charge in [0.15, 0.2) is 5.71 Å². The van der Waals surface area contributed by atoms with Crippen LogP contribution in [0.5, 0.6) is 5.75 Å². The normalized spacial score (nSPS) is 14.8. The quantitative estimate of drug-likeness (QED) is 0.327. The second-order valence-electron chi connectivity index (χ2n) is 9.35. The highest BCUT2D eigenvalue weighted by atomic mass is 16.4. The maximum Gasteiger partial charge on any atom is 0.313 e. The fourth-order valence-electron chi connectivity index (χ4n) is 3.83. The van der Waals surface area contributed by atoms with Gasteiger partial charge in [0.25, 0.3) is 0 Å². The Labute approximate surface area is 209 Å². The van der Waals surface area contributed by atoms with E-state index in [1.54, 1.807) is 63.2 Å². The van der Waals surface area contributed by atoms with Crippen molar-refractivity contribution in [3.63, 3.8) is 0 Å². The van der Waals surface area contributed by atoms with Crippen molar-refractivity contribution in [3.8, 4) is 16.9 Å².